The molecule has 4 heteroatoms. The number of hydrogen-bond acceptors (Lipinski definition) is 0. The van der Waals surface area contributed by atoms with E-state index in [1.54, 1.807) is 0 Å². The molecule has 4 rings (SSSR count). The average Bonchev–Trinajstić information content (AvgIpc) is 3.11. The Morgan fingerprint density at radius 1 is 0.714 bits per heavy atom. The van der Waals surface area contributed by atoms with Gasteiger partial charge in [0.25, 0.3) is 0 Å². The molecule has 4 aliphatic carbocycles. The third-order valence-electron chi connectivity index (χ3n) is 7.66. The molecule has 2 saturated carbocycles. The normalized spacial score (nSPS) is 39.6. The van der Waals surface area contributed by atoms with Crippen LogP contribution < -0.4 is 0 Å². The Hall–Kier alpha value is 0.640. The second kappa shape index (κ2) is 11.3. The summed E-state index contributed by atoms with van der Waals surface area (Å²) in [5.41, 5.74) is 1.92. The van der Waals surface area contributed by atoms with Crippen molar-refractivity contribution in [1.82, 2.24) is 0 Å². The van der Waals surface area contributed by atoms with Gasteiger partial charge in [0.2, 0.25) is 0 Å². The summed E-state index contributed by atoms with van der Waals surface area (Å²) in [6.07, 6.45) is 22.1. The van der Waals surface area contributed by atoms with E-state index in [9.17, 15) is 0 Å². The third-order valence-corrected chi connectivity index (χ3v) is 13.0. The topological polar surface area (TPSA) is 0 Å². The van der Waals surface area contributed by atoms with E-state index in [0.717, 1.165) is 46.6 Å². The standard InChI is InChI=1S/C22H32Si.2CH3.2ClH.Zr/c1-15-13-17-9-5-7-11-19(17)21(15)23(3,4)22-16(2)14-18-10-6-8-12-20(18)22;;;;;/h5-12,15-22H,13-14H2,1-4H3;2*1H3;2*1H;/q;2*-1;;;+4/p-2. The summed E-state index contributed by atoms with van der Waals surface area (Å²) >= 11 is -0.826. The van der Waals surface area contributed by atoms with E-state index in [1.165, 1.54) is 12.8 Å². The quantitative estimate of drug-likeness (QED) is 0.255. The summed E-state index contributed by atoms with van der Waals surface area (Å²) < 4.78 is 0. The van der Waals surface area contributed by atoms with Crippen molar-refractivity contribution >= 4 is 25.1 Å². The van der Waals surface area contributed by atoms with E-state index in [0.29, 0.717) is 0 Å². The van der Waals surface area contributed by atoms with Crippen molar-refractivity contribution in [3.8, 4) is 0 Å². The van der Waals surface area contributed by atoms with Gasteiger partial charge < -0.3 is 14.9 Å². The van der Waals surface area contributed by atoms with Crippen molar-refractivity contribution < 1.29 is 20.8 Å². The molecule has 0 aliphatic heterocycles. The molecule has 28 heavy (non-hydrogen) atoms. The van der Waals surface area contributed by atoms with Gasteiger partial charge in [-0.3, -0.25) is 0 Å². The molecular weight excluding hydrogens is 478 g/mol. The number of rotatable bonds is 2. The predicted molar refractivity (Wildman–Crippen MR) is 128 cm³/mol. The first-order valence-electron chi connectivity index (χ1n) is 10.1. The van der Waals surface area contributed by atoms with Gasteiger partial charge in [-0.15, -0.1) is 0 Å². The van der Waals surface area contributed by atoms with Crippen LogP contribution in [0.25, 0.3) is 0 Å². The Morgan fingerprint density at radius 3 is 1.39 bits per heavy atom. The van der Waals surface area contributed by atoms with Crippen LogP contribution in [-0.2, 0) is 20.8 Å². The third kappa shape index (κ3) is 5.09. The van der Waals surface area contributed by atoms with E-state index in [-0.39, 0.29) is 14.9 Å². The second-order valence-electron chi connectivity index (χ2n) is 9.39. The molecular formula is C24H38Cl2SiZr. The predicted octanol–water partition coefficient (Wildman–Crippen LogP) is 8.51. The van der Waals surface area contributed by atoms with Gasteiger partial charge in [-0.25, -0.2) is 0 Å². The minimum atomic E-state index is -1.35. The minimum absolute atomic E-state index is 0. The van der Waals surface area contributed by atoms with Gasteiger partial charge in [0, 0.05) is 0 Å². The Labute approximate surface area is 194 Å². The van der Waals surface area contributed by atoms with Crippen LogP contribution in [-0.4, -0.2) is 8.07 Å². The van der Waals surface area contributed by atoms with Gasteiger partial charge >= 0.3 is 37.9 Å². The van der Waals surface area contributed by atoms with Crippen molar-refractivity contribution in [2.45, 2.75) is 50.9 Å². The molecule has 2 fully saturated rings. The molecule has 8 unspecified atom stereocenters. The maximum atomic E-state index is 4.93. The molecule has 8 atom stereocenters. The van der Waals surface area contributed by atoms with Crippen molar-refractivity contribution in [2.75, 3.05) is 0 Å². The molecule has 0 radical (unpaired) electrons. The fourth-order valence-corrected chi connectivity index (χ4v) is 13.5. The van der Waals surface area contributed by atoms with Crippen LogP contribution in [0.4, 0.5) is 0 Å². The molecule has 0 aromatic carbocycles. The summed E-state index contributed by atoms with van der Waals surface area (Å²) in [5, 5.41) is 0. The summed E-state index contributed by atoms with van der Waals surface area (Å²) in [5.74, 6) is 5.08. The molecule has 156 valence electrons. The van der Waals surface area contributed by atoms with Gasteiger partial charge in [-0.05, 0) is 59.4 Å². The first-order valence-corrected chi connectivity index (χ1v) is 19.6. The van der Waals surface area contributed by atoms with Crippen LogP contribution in [0.1, 0.15) is 26.7 Å². The van der Waals surface area contributed by atoms with Crippen LogP contribution in [0.3, 0.4) is 0 Å². The van der Waals surface area contributed by atoms with Crippen LogP contribution >= 0.6 is 17.0 Å². The molecule has 0 amide bonds. The molecule has 0 N–H and O–H groups in total. The molecule has 0 aromatic rings. The van der Waals surface area contributed by atoms with Crippen LogP contribution in [0.5, 0.6) is 0 Å². The van der Waals surface area contributed by atoms with Gasteiger partial charge in [0.1, 0.15) is 0 Å². The number of fused-ring (bicyclic) bond motifs is 2. The van der Waals surface area contributed by atoms with E-state index in [2.05, 4.69) is 75.5 Å². The number of halogens is 2. The molecule has 0 heterocycles. The monoisotopic (exact) mass is 514 g/mol. The Balaban J connectivity index is 0.000000739. The zero-order valence-electron chi connectivity index (χ0n) is 18.4. The van der Waals surface area contributed by atoms with Gasteiger partial charge in [-0.2, -0.15) is 0 Å². The molecule has 4 aliphatic rings. The zero-order valence-corrected chi connectivity index (χ0v) is 23.4. The second-order valence-corrected chi connectivity index (χ2v) is 18.1. The number of allylic oxidation sites excluding steroid dienone is 8. The van der Waals surface area contributed by atoms with Crippen LogP contribution in [0.2, 0.25) is 24.2 Å². The fraction of sp³-hybridized carbons (Fsp3) is 0.583. The summed E-state index contributed by atoms with van der Waals surface area (Å²) in [6.45, 7) is 10.6. The molecule has 0 saturated heterocycles. The first kappa shape index (κ1) is 26.7. The van der Waals surface area contributed by atoms with E-state index < -0.39 is 28.9 Å². The van der Waals surface area contributed by atoms with Crippen molar-refractivity contribution in [1.29, 1.82) is 0 Å². The van der Waals surface area contributed by atoms with E-state index in [1.807, 2.05) is 0 Å². The van der Waals surface area contributed by atoms with Gasteiger partial charge in [0.15, 0.2) is 0 Å². The van der Waals surface area contributed by atoms with Gasteiger partial charge in [0.05, 0.1) is 8.07 Å². The zero-order chi connectivity index (χ0) is 18.9. The molecule has 0 aromatic heterocycles. The van der Waals surface area contributed by atoms with Crippen LogP contribution in [0.15, 0.2) is 48.6 Å². The average molecular weight is 517 g/mol. The Kier molecular flexibility index (Phi) is 10.8. The van der Waals surface area contributed by atoms with E-state index >= 15 is 0 Å². The maximum absolute atomic E-state index is 4.93. The summed E-state index contributed by atoms with van der Waals surface area (Å²) in [6, 6.07) is 0. The Bertz CT molecular complexity index is 560. The summed E-state index contributed by atoms with van der Waals surface area (Å²) in [7, 11) is 8.52. The molecule has 0 nitrogen and oxygen atoms in total. The van der Waals surface area contributed by atoms with E-state index in [4.69, 9.17) is 17.0 Å². The SMILES string of the molecule is CC1CC2C=CC=CC2C1[Si](C)(C)C1C(C)CC2C=CC=CC21.[CH3-].[CH3-].[Cl][Zr+2][Cl]. The Morgan fingerprint density at radius 2 is 1.04 bits per heavy atom. The van der Waals surface area contributed by atoms with Crippen molar-refractivity contribution in [2.24, 2.45) is 35.5 Å². The summed E-state index contributed by atoms with van der Waals surface area (Å²) in [4.78, 5) is 0. The first-order chi connectivity index (χ1) is 12.4. The van der Waals surface area contributed by atoms with Crippen LogP contribution in [0, 0.1) is 50.4 Å². The van der Waals surface area contributed by atoms with Crippen molar-refractivity contribution in [3.63, 3.8) is 0 Å². The molecule has 0 spiro atoms. The molecule has 0 bridgehead atoms. The number of hydrogen-bond donors (Lipinski definition) is 0. The van der Waals surface area contributed by atoms with Gasteiger partial charge in [-0.1, -0.05) is 75.5 Å². The van der Waals surface area contributed by atoms with Crippen molar-refractivity contribution in [3.05, 3.63) is 63.5 Å². The fourth-order valence-electron chi connectivity index (χ4n) is 7.18.